The summed E-state index contributed by atoms with van der Waals surface area (Å²) in [5.74, 6) is -2.28. The summed E-state index contributed by atoms with van der Waals surface area (Å²) >= 11 is 1.44. The van der Waals surface area contributed by atoms with Crippen molar-refractivity contribution in [3.63, 3.8) is 0 Å². The number of nitrogens with two attached hydrogens (primary N) is 1. The average Bonchev–Trinajstić information content (AvgIpc) is 3.15. The quantitative estimate of drug-likeness (QED) is 0.736. The number of hydrogen-bond acceptors (Lipinski definition) is 5. The summed E-state index contributed by atoms with van der Waals surface area (Å²) in [6.07, 6.45) is 2.58. The van der Waals surface area contributed by atoms with Crippen LogP contribution in [-0.2, 0) is 19.6 Å². The molecule has 2 aliphatic heterocycles. The van der Waals surface area contributed by atoms with E-state index in [0.717, 1.165) is 23.9 Å². The van der Waals surface area contributed by atoms with Crippen LogP contribution in [0.1, 0.15) is 42.3 Å². The molecule has 0 saturated carbocycles. The molecule has 1 unspecified atom stereocenters. The molecule has 3 heterocycles. The first-order valence-corrected chi connectivity index (χ1v) is 10.7. The minimum absolute atomic E-state index is 0.00563. The molecule has 1 aromatic heterocycles. The lowest BCUT2D eigenvalue weighted by atomic mass is 9.98. The van der Waals surface area contributed by atoms with Crippen LogP contribution in [0.3, 0.4) is 0 Å². The number of aromatic nitrogens is 2. The largest absolute Gasteiger partial charge is 0.389 e. The fourth-order valence-corrected chi connectivity index (χ4v) is 5.66. The highest BCUT2D eigenvalue weighted by Gasteiger charge is 2.37. The zero-order valence-electron chi connectivity index (χ0n) is 16.4. The summed E-state index contributed by atoms with van der Waals surface area (Å²) in [6, 6.07) is 1.38. The van der Waals surface area contributed by atoms with E-state index in [4.69, 9.17) is 5.73 Å². The highest BCUT2D eigenvalue weighted by atomic mass is 32.2. The number of aliphatic hydroxyl groups is 1. The topological polar surface area (TPSA) is 67.3 Å². The molecular weight excluding hydrogens is 401 g/mol. The maximum absolute atomic E-state index is 14.2. The standard InChI is InChI=1S/C20H25F3N4OS/c1-20(2,28)10-27-7-11-6-26(8-17(11)25-27)13-5-16(24)19(29-9-13)14-3-12(21)4-15(22)18(14)23/h3-4,7,13,16,19,28H,5-6,8-10,24H2,1-2H3/t13-,16+,19?/m1/s1. The van der Waals surface area contributed by atoms with E-state index in [9.17, 15) is 18.3 Å². The van der Waals surface area contributed by atoms with E-state index in [2.05, 4.69) is 10.00 Å². The van der Waals surface area contributed by atoms with Gasteiger partial charge >= 0.3 is 0 Å². The van der Waals surface area contributed by atoms with Crippen LogP contribution >= 0.6 is 11.8 Å². The normalized spacial score (nSPS) is 25.4. The Labute approximate surface area is 172 Å². The van der Waals surface area contributed by atoms with E-state index in [1.807, 2.05) is 6.20 Å². The maximum atomic E-state index is 14.2. The van der Waals surface area contributed by atoms with Gasteiger partial charge in [-0.1, -0.05) is 0 Å². The zero-order valence-corrected chi connectivity index (χ0v) is 17.2. The first kappa shape index (κ1) is 20.7. The monoisotopic (exact) mass is 426 g/mol. The first-order chi connectivity index (χ1) is 13.6. The number of thioether (sulfide) groups is 1. The lowest BCUT2D eigenvalue weighted by Gasteiger charge is -2.38. The SMILES string of the molecule is CC(C)(O)Cn1cc2c(n1)CN([C@H]1CSC(c3cc(F)cc(F)c3F)[C@@H](N)C1)C2. The van der Waals surface area contributed by atoms with E-state index in [0.29, 0.717) is 31.3 Å². The third kappa shape index (κ3) is 4.33. The first-order valence-electron chi connectivity index (χ1n) is 9.64. The van der Waals surface area contributed by atoms with Gasteiger partial charge in [-0.15, -0.1) is 0 Å². The van der Waals surface area contributed by atoms with Gasteiger partial charge in [0.15, 0.2) is 11.6 Å². The molecule has 9 heteroatoms. The van der Waals surface area contributed by atoms with E-state index in [1.54, 1.807) is 18.5 Å². The maximum Gasteiger partial charge on any atom is 0.163 e. The molecule has 3 N–H and O–H groups in total. The van der Waals surface area contributed by atoms with Crippen molar-refractivity contribution in [2.75, 3.05) is 5.75 Å². The number of benzene rings is 1. The fraction of sp³-hybridized carbons (Fsp3) is 0.550. The molecule has 29 heavy (non-hydrogen) atoms. The number of halogens is 3. The number of hydrogen-bond donors (Lipinski definition) is 2. The van der Waals surface area contributed by atoms with Gasteiger partial charge in [-0.3, -0.25) is 9.58 Å². The van der Waals surface area contributed by atoms with E-state index >= 15 is 0 Å². The zero-order chi connectivity index (χ0) is 20.9. The summed E-state index contributed by atoms with van der Waals surface area (Å²) < 4.78 is 43.1. The van der Waals surface area contributed by atoms with Crippen LogP contribution < -0.4 is 5.73 Å². The minimum atomic E-state index is -1.18. The Balaban J connectivity index is 1.41. The Kier molecular flexibility index (Phi) is 5.43. The molecule has 0 aliphatic carbocycles. The summed E-state index contributed by atoms with van der Waals surface area (Å²) in [6.45, 7) is 5.36. The predicted octanol–water partition coefficient (Wildman–Crippen LogP) is 2.96. The Hall–Kier alpha value is -1.55. The van der Waals surface area contributed by atoms with Gasteiger partial charge in [0.05, 0.1) is 17.8 Å². The smallest absolute Gasteiger partial charge is 0.163 e. The Bertz CT molecular complexity index is 890. The molecule has 2 aromatic rings. The second-order valence-corrected chi connectivity index (χ2v) is 9.79. The Morgan fingerprint density at radius 2 is 2.03 bits per heavy atom. The van der Waals surface area contributed by atoms with Crippen molar-refractivity contribution >= 4 is 11.8 Å². The molecule has 0 bridgehead atoms. The molecule has 4 rings (SSSR count). The third-order valence-corrected chi connectivity index (χ3v) is 6.99. The molecule has 158 valence electrons. The molecule has 0 radical (unpaired) electrons. The third-order valence-electron chi connectivity index (χ3n) is 5.45. The van der Waals surface area contributed by atoms with Crippen molar-refractivity contribution in [3.05, 3.63) is 52.6 Å². The van der Waals surface area contributed by atoms with Crippen LogP contribution in [0.4, 0.5) is 13.2 Å². The highest BCUT2D eigenvalue weighted by molar-refractivity contribution is 7.99. The van der Waals surface area contributed by atoms with Crippen molar-refractivity contribution in [2.45, 2.75) is 62.8 Å². The second-order valence-electron chi connectivity index (χ2n) is 8.61. The molecule has 0 amide bonds. The Morgan fingerprint density at radius 1 is 1.28 bits per heavy atom. The second kappa shape index (κ2) is 7.61. The number of rotatable bonds is 4. The van der Waals surface area contributed by atoms with Gasteiger partial charge in [0.25, 0.3) is 0 Å². The summed E-state index contributed by atoms with van der Waals surface area (Å²) in [7, 11) is 0. The van der Waals surface area contributed by atoms with Crippen molar-refractivity contribution in [2.24, 2.45) is 5.73 Å². The van der Waals surface area contributed by atoms with Crippen LogP contribution in [0.5, 0.6) is 0 Å². The van der Waals surface area contributed by atoms with Crippen LogP contribution in [0, 0.1) is 17.5 Å². The molecule has 3 atom stereocenters. The highest BCUT2D eigenvalue weighted by Crippen LogP contribution is 2.42. The van der Waals surface area contributed by atoms with E-state index in [-0.39, 0.29) is 11.6 Å². The van der Waals surface area contributed by atoms with Crippen molar-refractivity contribution < 1.29 is 18.3 Å². The summed E-state index contributed by atoms with van der Waals surface area (Å²) in [4.78, 5) is 2.29. The lowest BCUT2D eigenvalue weighted by molar-refractivity contribution is 0.0572. The van der Waals surface area contributed by atoms with Crippen molar-refractivity contribution in [3.8, 4) is 0 Å². The van der Waals surface area contributed by atoms with Gasteiger partial charge in [-0.2, -0.15) is 16.9 Å². The van der Waals surface area contributed by atoms with Crippen LogP contribution in [0.25, 0.3) is 0 Å². The molecule has 5 nitrogen and oxygen atoms in total. The lowest BCUT2D eigenvalue weighted by Crippen LogP contribution is -2.44. The predicted molar refractivity (Wildman–Crippen MR) is 106 cm³/mol. The minimum Gasteiger partial charge on any atom is -0.389 e. The fourth-order valence-electron chi connectivity index (χ4n) is 4.17. The van der Waals surface area contributed by atoms with Gasteiger partial charge in [0, 0.05) is 59.6 Å². The van der Waals surface area contributed by atoms with Gasteiger partial charge < -0.3 is 10.8 Å². The molecule has 1 aromatic carbocycles. The van der Waals surface area contributed by atoms with Crippen molar-refractivity contribution in [1.82, 2.24) is 14.7 Å². The van der Waals surface area contributed by atoms with E-state index in [1.165, 1.54) is 11.8 Å². The Morgan fingerprint density at radius 3 is 2.69 bits per heavy atom. The van der Waals surface area contributed by atoms with Crippen LogP contribution in [-0.4, -0.2) is 43.2 Å². The van der Waals surface area contributed by atoms with Gasteiger partial charge in [0.2, 0.25) is 0 Å². The van der Waals surface area contributed by atoms with Crippen LogP contribution in [0.2, 0.25) is 0 Å². The summed E-state index contributed by atoms with van der Waals surface area (Å²) in [5, 5.41) is 14.1. The van der Waals surface area contributed by atoms with Gasteiger partial charge in [-0.25, -0.2) is 13.2 Å². The molecule has 1 fully saturated rings. The van der Waals surface area contributed by atoms with Gasteiger partial charge in [0.1, 0.15) is 5.82 Å². The molecule has 0 spiro atoms. The van der Waals surface area contributed by atoms with Gasteiger partial charge in [-0.05, 0) is 26.3 Å². The average molecular weight is 427 g/mol. The molecular formula is C20H25F3N4OS. The number of nitrogens with zero attached hydrogens (tertiary/aromatic N) is 3. The number of fused-ring (bicyclic) bond motifs is 1. The van der Waals surface area contributed by atoms with E-state index < -0.39 is 34.3 Å². The molecule has 2 aliphatic rings. The molecule has 1 saturated heterocycles. The summed E-state index contributed by atoms with van der Waals surface area (Å²) in [5.41, 5.74) is 7.61. The van der Waals surface area contributed by atoms with Crippen LogP contribution in [0.15, 0.2) is 18.3 Å². The van der Waals surface area contributed by atoms with Crippen molar-refractivity contribution in [1.29, 1.82) is 0 Å².